The molecular formula is C29H31ClFN7O2. The lowest BCUT2D eigenvalue weighted by Gasteiger charge is -2.38. The standard InChI is InChI=1S/C29H31ClFN7O2/c30-23-13-22-26(25(31)24(23)21-12-19(39)11-16-5-1-2-8-20(16)21)36-29(40-10-4-9-34-28(32)33)37-27(22)38-15-17-6-3-7-18(38)14-35-17/h1-2,5,8,11-13,17-18,35,39H,3-4,6-7,9-10,14-15H2,(H4,32,33,34). The maximum absolute atomic E-state index is 16.6. The third-order valence-corrected chi connectivity index (χ3v) is 7.95. The highest BCUT2D eigenvalue weighted by molar-refractivity contribution is 6.35. The van der Waals surface area contributed by atoms with Crippen molar-refractivity contribution in [2.75, 3.05) is 31.1 Å². The molecule has 1 aromatic heterocycles. The summed E-state index contributed by atoms with van der Waals surface area (Å²) in [5.74, 6) is 0.0478. The number of phenolic OH excluding ortho intramolecular Hbond substituents is 1. The fourth-order valence-corrected chi connectivity index (χ4v) is 6.10. The fraction of sp³-hybridized carbons (Fsp3) is 0.345. The zero-order valence-electron chi connectivity index (χ0n) is 21.9. The monoisotopic (exact) mass is 563 g/mol. The Kier molecular flexibility index (Phi) is 7.20. The zero-order chi connectivity index (χ0) is 27.8. The number of aliphatic imine (C=N–C) groups is 1. The van der Waals surface area contributed by atoms with Gasteiger partial charge in [-0.15, -0.1) is 0 Å². The minimum atomic E-state index is -0.592. The van der Waals surface area contributed by atoms with E-state index in [4.69, 9.17) is 32.8 Å². The van der Waals surface area contributed by atoms with Gasteiger partial charge in [-0.25, -0.2) is 4.39 Å². The number of rotatable bonds is 7. The first-order chi connectivity index (χ1) is 19.4. The van der Waals surface area contributed by atoms with Gasteiger partial charge in [-0.3, -0.25) is 4.99 Å². The smallest absolute Gasteiger partial charge is 0.319 e. The summed E-state index contributed by atoms with van der Waals surface area (Å²) in [5, 5.41) is 16.3. The Labute approximate surface area is 236 Å². The van der Waals surface area contributed by atoms with E-state index in [1.807, 2.05) is 24.3 Å². The first-order valence-electron chi connectivity index (χ1n) is 13.5. The van der Waals surface area contributed by atoms with Crippen LogP contribution in [0.15, 0.2) is 47.5 Å². The lowest BCUT2D eigenvalue weighted by molar-refractivity contribution is 0.289. The van der Waals surface area contributed by atoms with Crippen molar-refractivity contribution in [1.82, 2.24) is 15.3 Å². The molecule has 9 nitrogen and oxygen atoms in total. The molecule has 3 aliphatic heterocycles. The van der Waals surface area contributed by atoms with Gasteiger partial charge in [-0.1, -0.05) is 35.9 Å². The number of nitrogens with one attached hydrogen (secondary N) is 1. The second kappa shape index (κ2) is 10.9. The summed E-state index contributed by atoms with van der Waals surface area (Å²) in [5.41, 5.74) is 11.6. The average Bonchev–Trinajstić information content (AvgIpc) is 3.29. The molecule has 2 unspecified atom stereocenters. The molecule has 40 heavy (non-hydrogen) atoms. The third kappa shape index (κ3) is 5.04. The fourth-order valence-electron chi connectivity index (χ4n) is 5.80. The van der Waals surface area contributed by atoms with Crippen molar-refractivity contribution in [3.05, 3.63) is 53.3 Å². The number of piperazine rings is 1. The van der Waals surface area contributed by atoms with Gasteiger partial charge in [-0.05, 0) is 53.8 Å². The molecule has 7 rings (SSSR count). The number of guanidine groups is 1. The Morgan fingerprint density at radius 2 is 2.02 bits per heavy atom. The highest BCUT2D eigenvalue weighted by Gasteiger charge is 2.34. The van der Waals surface area contributed by atoms with E-state index in [0.29, 0.717) is 35.8 Å². The largest absolute Gasteiger partial charge is 0.508 e. The molecule has 6 N–H and O–H groups in total. The topological polar surface area (TPSA) is 135 Å². The van der Waals surface area contributed by atoms with Gasteiger partial charge in [-0.2, -0.15) is 9.97 Å². The molecule has 0 amide bonds. The number of ether oxygens (including phenoxy) is 1. The first kappa shape index (κ1) is 26.3. The van der Waals surface area contributed by atoms with Crippen molar-refractivity contribution in [2.45, 2.75) is 37.8 Å². The van der Waals surface area contributed by atoms with Crippen LogP contribution in [0, 0.1) is 5.82 Å². The SMILES string of the molecule is NC(N)=NCCCOc1nc(N2CC3CCCC2CN3)c2cc(Cl)c(-c3cc(O)cc4ccccc34)c(F)c2n1. The number of anilines is 1. The van der Waals surface area contributed by atoms with E-state index in [0.717, 1.165) is 43.1 Å². The third-order valence-electron chi connectivity index (χ3n) is 7.65. The molecule has 3 aliphatic rings. The van der Waals surface area contributed by atoms with Crippen molar-refractivity contribution in [2.24, 2.45) is 16.5 Å². The van der Waals surface area contributed by atoms with Crippen LogP contribution >= 0.6 is 11.6 Å². The maximum atomic E-state index is 16.6. The average molecular weight is 564 g/mol. The van der Waals surface area contributed by atoms with Crippen LogP contribution in [-0.2, 0) is 0 Å². The first-order valence-corrected chi connectivity index (χ1v) is 13.9. The molecule has 0 aliphatic carbocycles. The molecule has 0 spiro atoms. The van der Waals surface area contributed by atoms with Crippen LogP contribution < -0.4 is 26.4 Å². The summed E-state index contributed by atoms with van der Waals surface area (Å²) in [6.07, 6.45) is 3.73. The summed E-state index contributed by atoms with van der Waals surface area (Å²) in [6.45, 7) is 2.23. The molecule has 3 aromatic carbocycles. The Balaban J connectivity index is 1.50. The number of aromatic hydroxyl groups is 1. The molecule has 4 heterocycles. The number of benzene rings is 3. The van der Waals surface area contributed by atoms with Gasteiger partial charge in [0.25, 0.3) is 0 Å². The molecule has 0 radical (unpaired) electrons. The highest BCUT2D eigenvalue weighted by atomic mass is 35.5. The predicted molar refractivity (Wildman–Crippen MR) is 157 cm³/mol. The molecule has 3 saturated heterocycles. The number of halogens is 2. The molecule has 3 fully saturated rings. The van der Waals surface area contributed by atoms with Gasteiger partial charge >= 0.3 is 6.01 Å². The Morgan fingerprint density at radius 1 is 1.18 bits per heavy atom. The van der Waals surface area contributed by atoms with Crippen molar-refractivity contribution < 1.29 is 14.2 Å². The highest BCUT2D eigenvalue weighted by Crippen LogP contribution is 2.43. The van der Waals surface area contributed by atoms with Crippen LogP contribution in [0.1, 0.15) is 25.7 Å². The Hall–Kier alpha value is -3.89. The van der Waals surface area contributed by atoms with Gasteiger partial charge in [0, 0.05) is 49.1 Å². The van der Waals surface area contributed by atoms with Crippen LogP contribution in [0.2, 0.25) is 5.02 Å². The van der Waals surface area contributed by atoms with E-state index in [-0.39, 0.29) is 46.5 Å². The van der Waals surface area contributed by atoms with E-state index in [1.54, 1.807) is 12.1 Å². The van der Waals surface area contributed by atoms with E-state index in [9.17, 15) is 5.11 Å². The molecular weight excluding hydrogens is 533 g/mol. The Bertz CT molecular complexity index is 1610. The van der Waals surface area contributed by atoms with Crippen molar-refractivity contribution in [1.29, 1.82) is 0 Å². The molecule has 2 bridgehead atoms. The predicted octanol–water partition coefficient (Wildman–Crippen LogP) is 4.32. The van der Waals surface area contributed by atoms with Crippen molar-refractivity contribution >= 4 is 45.1 Å². The Morgan fingerprint density at radius 3 is 2.88 bits per heavy atom. The van der Waals surface area contributed by atoms with E-state index in [2.05, 4.69) is 20.2 Å². The van der Waals surface area contributed by atoms with Crippen LogP contribution in [-0.4, -0.2) is 59.4 Å². The number of aromatic nitrogens is 2. The van der Waals surface area contributed by atoms with Gasteiger partial charge in [0.05, 0.1) is 11.6 Å². The number of hydrogen-bond donors (Lipinski definition) is 4. The molecule has 11 heteroatoms. The minimum absolute atomic E-state index is 0.0139. The number of hydrogen-bond acceptors (Lipinski definition) is 7. The van der Waals surface area contributed by atoms with E-state index >= 15 is 4.39 Å². The minimum Gasteiger partial charge on any atom is -0.508 e. The van der Waals surface area contributed by atoms with Crippen LogP contribution in [0.3, 0.4) is 0 Å². The van der Waals surface area contributed by atoms with Gasteiger partial charge in [0.1, 0.15) is 17.1 Å². The van der Waals surface area contributed by atoms with Crippen molar-refractivity contribution in [3.63, 3.8) is 0 Å². The maximum Gasteiger partial charge on any atom is 0.319 e. The zero-order valence-corrected chi connectivity index (χ0v) is 22.7. The van der Waals surface area contributed by atoms with Crippen LogP contribution in [0.5, 0.6) is 11.8 Å². The van der Waals surface area contributed by atoms with Gasteiger partial charge in [0.15, 0.2) is 11.8 Å². The second-order valence-corrected chi connectivity index (χ2v) is 10.7. The van der Waals surface area contributed by atoms with Gasteiger partial charge < -0.3 is 31.5 Å². The number of nitrogens with two attached hydrogens (primary N) is 2. The normalized spacial score (nSPS) is 18.7. The molecule has 208 valence electrons. The van der Waals surface area contributed by atoms with Crippen molar-refractivity contribution in [3.8, 4) is 22.9 Å². The number of nitrogens with zero attached hydrogens (tertiary/aromatic N) is 4. The van der Waals surface area contributed by atoms with Gasteiger partial charge in [0.2, 0.25) is 0 Å². The summed E-state index contributed by atoms with van der Waals surface area (Å²) >= 11 is 6.83. The summed E-state index contributed by atoms with van der Waals surface area (Å²) in [6, 6.07) is 13.0. The van der Waals surface area contributed by atoms with Crippen LogP contribution in [0.4, 0.5) is 10.2 Å². The van der Waals surface area contributed by atoms with Crippen LogP contribution in [0.25, 0.3) is 32.8 Å². The second-order valence-electron chi connectivity index (χ2n) is 10.3. The quantitative estimate of drug-likeness (QED) is 0.148. The number of phenols is 1. The summed E-state index contributed by atoms with van der Waals surface area (Å²) in [4.78, 5) is 15.5. The lowest BCUT2D eigenvalue weighted by atomic mass is 9.96. The number of fused-ring (bicyclic) bond motifs is 6. The van der Waals surface area contributed by atoms with E-state index in [1.165, 1.54) is 6.07 Å². The molecule has 0 saturated carbocycles. The summed E-state index contributed by atoms with van der Waals surface area (Å²) in [7, 11) is 0. The molecule has 4 aromatic rings. The summed E-state index contributed by atoms with van der Waals surface area (Å²) < 4.78 is 22.5. The van der Waals surface area contributed by atoms with E-state index < -0.39 is 5.82 Å². The molecule has 2 atom stereocenters. The lowest BCUT2D eigenvalue weighted by Crippen LogP contribution is -2.54.